The summed E-state index contributed by atoms with van der Waals surface area (Å²) in [7, 11) is 0. The maximum absolute atomic E-state index is 12.7. The van der Waals surface area contributed by atoms with Crippen molar-refractivity contribution < 1.29 is 4.79 Å². The first kappa shape index (κ1) is 18.1. The van der Waals surface area contributed by atoms with E-state index >= 15 is 0 Å². The minimum Gasteiger partial charge on any atom is -0.368 e. The van der Waals surface area contributed by atoms with Crippen molar-refractivity contribution in [2.45, 2.75) is 19.9 Å². The lowest BCUT2D eigenvalue weighted by Crippen LogP contribution is -2.26. The van der Waals surface area contributed by atoms with E-state index in [1.807, 2.05) is 55.6 Å². The molecule has 7 heteroatoms. The van der Waals surface area contributed by atoms with Crippen molar-refractivity contribution in [3.8, 4) is 11.1 Å². The lowest BCUT2D eigenvalue weighted by molar-refractivity contribution is 0.0940. The third kappa shape index (κ3) is 3.57. The van der Waals surface area contributed by atoms with Gasteiger partial charge in [-0.25, -0.2) is 15.0 Å². The topological polar surface area (TPSA) is 93.8 Å². The van der Waals surface area contributed by atoms with Crippen molar-refractivity contribution in [1.29, 1.82) is 0 Å². The van der Waals surface area contributed by atoms with Crippen LogP contribution in [0.15, 0.2) is 54.2 Å². The smallest absolute Gasteiger partial charge is 0.251 e. The highest BCUT2D eigenvalue weighted by Crippen LogP contribution is 2.28. The van der Waals surface area contributed by atoms with Gasteiger partial charge in [-0.15, -0.1) is 11.3 Å². The fourth-order valence-electron chi connectivity index (χ4n) is 3.08. The number of fused-ring (bicyclic) bond motifs is 1. The van der Waals surface area contributed by atoms with Gasteiger partial charge in [0, 0.05) is 28.7 Å². The van der Waals surface area contributed by atoms with E-state index in [0.717, 1.165) is 32.6 Å². The second kappa shape index (κ2) is 7.36. The monoisotopic (exact) mass is 389 g/mol. The van der Waals surface area contributed by atoms with Crippen LogP contribution in [-0.2, 0) is 0 Å². The number of nitrogen functional groups attached to an aromatic ring is 1. The van der Waals surface area contributed by atoms with Gasteiger partial charge in [-0.3, -0.25) is 4.79 Å². The number of amides is 1. The fourth-order valence-corrected chi connectivity index (χ4v) is 3.73. The third-order valence-electron chi connectivity index (χ3n) is 4.58. The first-order chi connectivity index (χ1) is 13.5. The van der Waals surface area contributed by atoms with E-state index in [1.165, 1.54) is 11.3 Å². The van der Waals surface area contributed by atoms with E-state index < -0.39 is 0 Å². The van der Waals surface area contributed by atoms with Crippen molar-refractivity contribution in [3.63, 3.8) is 0 Å². The van der Waals surface area contributed by atoms with Gasteiger partial charge in [0.15, 0.2) is 0 Å². The normalized spacial score (nSPS) is 12.1. The quantitative estimate of drug-likeness (QED) is 0.547. The van der Waals surface area contributed by atoms with Crippen LogP contribution in [0.4, 0.5) is 5.95 Å². The zero-order chi connectivity index (χ0) is 19.7. The molecule has 0 unspecified atom stereocenters. The number of rotatable bonds is 4. The highest BCUT2D eigenvalue weighted by Gasteiger charge is 2.15. The Morgan fingerprint density at radius 3 is 2.82 bits per heavy atom. The predicted octanol–water partition coefficient (Wildman–Crippen LogP) is 4.13. The first-order valence-electron chi connectivity index (χ1n) is 8.85. The summed E-state index contributed by atoms with van der Waals surface area (Å²) in [6, 6.07) is 11.5. The Hall–Kier alpha value is -3.32. The van der Waals surface area contributed by atoms with Crippen LogP contribution in [0, 0.1) is 6.92 Å². The van der Waals surface area contributed by atoms with E-state index in [4.69, 9.17) is 5.73 Å². The minimum atomic E-state index is -0.138. The van der Waals surface area contributed by atoms with Gasteiger partial charge in [0.25, 0.3) is 5.91 Å². The van der Waals surface area contributed by atoms with Crippen molar-refractivity contribution in [2.75, 3.05) is 5.73 Å². The van der Waals surface area contributed by atoms with Gasteiger partial charge in [0.05, 0.1) is 11.6 Å². The van der Waals surface area contributed by atoms with E-state index in [0.29, 0.717) is 5.56 Å². The summed E-state index contributed by atoms with van der Waals surface area (Å²) in [6.45, 7) is 3.96. The number of benzene rings is 2. The van der Waals surface area contributed by atoms with Crippen LogP contribution < -0.4 is 11.1 Å². The molecule has 0 radical (unpaired) electrons. The van der Waals surface area contributed by atoms with Gasteiger partial charge < -0.3 is 11.1 Å². The second-order valence-corrected chi connectivity index (χ2v) is 7.52. The van der Waals surface area contributed by atoms with Crippen LogP contribution in [0.5, 0.6) is 0 Å². The molecular formula is C21H19N5OS. The molecule has 2 aromatic heterocycles. The van der Waals surface area contributed by atoms with Gasteiger partial charge >= 0.3 is 0 Å². The number of nitrogens with zero attached hydrogens (tertiary/aromatic N) is 3. The molecule has 4 rings (SSSR count). The molecule has 0 bridgehead atoms. The number of carbonyl (C=O) groups excluding carboxylic acids is 1. The van der Waals surface area contributed by atoms with E-state index in [-0.39, 0.29) is 17.9 Å². The van der Waals surface area contributed by atoms with Gasteiger partial charge in [-0.1, -0.05) is 12.1 Å². The highest BCUT2D eigenvalue weighted by molar-refractivity contribution is 7.09. The first-order valence-corrected chi connectivity index (χ1v) is 9.73. The summed E-state index contributed by atoms with van der Waals surface area (Å²) in [6.07, 6.45) is 3.45. The lowest BCUT2D eigenvalue weighted by Gasteiger charge is -2.13. The maximum Gasteiger partial charge on any atom is 0.251 e. The van der Waals surface area contributed by atoms with Gasteiger partial charge in [-0.2, -0.15) is 0 Å². The van der Waals surface area contributed by atoms with Crippen LogP contribution in [0.25, 0.3) is 22.0 Å². The molecule has 1 amide bonds. The fraction of sp³-hybridized carbons (Fsp3) is 0.143. The molecule has 0 saturated carbocycles. The molecule has 1 atom stereocenters. The zero-order valence-corrected chi connectivity index (χ0v) is 16.3. The molecule has 2 aromatic carbocycles. The molecule has 0 saturated heterocycles. The summed E-state index contributed by atoms with van der Waals surface area (Å²) < 4.78 is 0. The molecule has 4 aromatic rings. The molecule has 0 fully saturated rings. The van der Waals surface area contributed by atoms with Crippen molar-refractivity contribution in [2.24, 2.45) is 0 Å². The molecule has 2 heterocycles. The maximum atomic E-state index is 12.7. The number of hydrogen-bond acceptors (Lipinski definition) is 6. The Bertz CT molecular complexity index is 1160. The average molecular weight is 389 g/mol. The van der Waals surface area contributed by atoms with E-state index in [2.05, 4.69) is 20.3 Å². The number of thiazole rings is 1. The summed E-state index contributed by atoms with van der Waals surface area (Å²) in [5, 5.41) is 6.69. The predicted molar refractivity (Wildman–Crippen MR) is 112 cm³/mol. The van der Waals surface area contributed by atoms with E-state index in [1.54, 1.807) is 12.4 Å². The minimum absolute atomic E-state index is 0.124. The van der Waals surface area contributed by atoms with Crippen molar-refractivity contribution in [3.05, 3.63) is 70.3 Å². The van der Waals surface area contributed by atoms with Crippen molar-refractivity contribution >= 4 is 34.1 Å². The molecule has 0 aliphatic rings. The molecule has 6 nitrogen and oxygen atoms in total. The molecule has 0 aliphatic heterocycles. The number of aromatic nitrogens is 3. The highest BCUT2D eigenvalue weighted by atomic mass is 32.1. The third-order valence-corrected chi connectivity index (χ3v) is 5.54. The Morgan fingerprint density at radius 2 is 2.04 bits per heavy atom. The number of nitrogens with two attached hydrogens (primary N) is 1. The summed E-state index contributed by atoms with van der Waals surface area (Å²) >= 11 is 1.53. The SMILES string of the molecule is Cc1ccc(C(=O)N[C@@H](C)c2nccs2)cc1-c1ccc2nc(N)ncc2c1. The van der Waals surface area contributed by atoms with Gasteiger partial charge in [0.2, 0.25) is 5.95 Å². The standard InChI is InChI=1S/C21H19N5OS/c1-12-3-4-15(19(27)25-13(2)20-23-7-8-28-20)10-17(12)14-5-6-18-16(9-14)11-24-21(22)26-18/h3-11,13H,1-2H3,(H,25,27)(H2,22,24,26)/t13-/m0/s1. The summed E-state index contributed by atoms with van der Waals surface area (Å²) in [5.41, 5.74) is 10.1. The summed E-state index contributed by atoms with van der Waals surface area (Å²) in [5.74, 6) is 0.130. The van der Waals surface area contributed by atoms with E-state index in [9.17, 15) is 4.79 Å². The Kier molecular flexibility index (Phi) is 4.75. The number of hydrogen-bond donors (Lipinski definition) is 2. The van der Waals surface area contributed by atoms with Gasteiger partial charge in [0.1, 0.15) is 5.01 Å². The number of nitrogens with one attached hydrogen (secondary N) is 1. The van der Waals surface area contributed by atoms with Gasteiger partial charge in [-0.05, 0) is 54.8 Å². The zero-order valence-electron chi connectivity index (χ0n) is 15.5. The number of aryl methyl sites for hydroxylation is 1. The Labute approximate surface area is 166 Å². The number of carbonyl (C=O) groups is 1. The molecule has 28 heavy (non-hydrogen) atoms. The molecule has 3 N–H and O–H groups in total. The Morgan fingerprint density at radius 1 is 1.18 bits per heavy atom. The van der Waals surface area contributed by atoms with Crippen LogP contribution >= 0.6 is 11.3 Å². The van der Waals surface area contributed by atoms with Crippen LogP contribution in [0.3, 0.4) is 0 Å². The number of anilines is 1. The second-order valence-electron chi connectivity index (χ2n) is 6.60. The molecular weight excluding hydrogens is 370 g/mol. The molecule has 0 spiro atoms. The summed E-state index contributed by atoms with van der Waals surface area (Å²) in [4.78, 5) is 25.3. The largest absolute Gasteiger partial charge is 0.368 e. The molecule has 140 valence electrons. The average Bonchev–Trinajstić information content (AvgIpc) is 3.23. The lowest BCUT2D eigenvalue weighted by atomic mass is 9.97. The van der Waals surface area contributed by atoms with Crippen LogP contribution in [0.1, 0.15) is 33.9 Å². The Balaban J connectivity index is 1.65. The van der Waals surface area contributed by atoms with Crippen LogP contribution in [-0.4, -0.2) is 20.9 Å². The van der Waals surface area contributed by atoms with Crippen LogP contribution in [0.2, 0.25) is 0 Å². The molecule has 0 aliphatic carbocycles. The van der Waals surface area contributed by atoms with Crippen molar-refractivity contribution in [1.82, 2.24) is 20.3 Å².